The van der Waals surface area contributed by atoms with Crippen LogP contribution in [0.2, 0.25) is 0 Å². The molecule has 9 heteroatoms. The van der Waals surface area contributed by atoms with E-state index in [1.807, 2.05) is 21.1 Å². The molecule has 0 N–H and O–H groups in total. The number of hydrogen-bond donors (Lipinski definition) is 0. The van der Waals surface area contributed by atoms with Crippen molar-refractivity contribution >= 4 is 13.8 Å². The standard InChI is InChI=1S/C44H74NO7P/c1-6-8-10-12-14-16-18-20-21-22-23-24-26-28-30-32-34-36-39-49-41-43(42-51-53(47,48)50-40-38-45(3,4)5)52-44(46)37-35-33-31-29-27-25-19-17-15-13-11-9-7-2/h8-11,14-17,20-21,23-25,27-28,30,43H,6-7,12-13,18-19,22,26,29,31-42H2,1-5H3/b10-8-,11-9-,16-14-,17-15-,21-20-,24-23-,27-25-,30-28-. The molecule has 0 aromatic carbocycles. The van der Waals surface area contributed by atoms with Gasteiger partial charge in [0.25, 0.3) is 7.82 Å². The number of unbranched alkanes of at least 4 members (excludes halogenated alkanes) is 5. The van der Waals surface area contributed by atoms with Crippen LogP contribution in [0, 0.1) is 0 Å². The number of nitrogens with zero attached hydrogens (tertiary/aromatic N) is 1. The summed E-state index contributed by atoms with van der Waals surface area (Å²) in [5.74, 6) is -0.384. The van der Waals surface area contributed by atoms with Gasteiger partial charge in [-0.05, 0) is 89.9 Å². The fourth-order valence-corrected chi connectivity index (χ4v) is 5.31. The van der Waals surface area contributed by atoms with Gasteiger partial charge in [-0.3, -0.25) is 9.36 Å². The molecule has 302 valence electrons. The lowest BCUT2D eigenvalue weighted by Crippen LogP contribution is -2.37. The molecule has 0 aromatic heterocycles. The third-order valence-corrected chi connectivity index (χ3v) is 8.59. The molecule has 0 radical (unpaired) electrons. The van der Waals surface area contributed by atoms with E-state index in [0.29, 0.717) is 24.1 Å². The molecule has 0 heterocycles. The van der Waals surface area contributed by atoms with E-state index in [4.69, 9.17) is 18.5 Å². The highest BCUT2D eigenvalue weighted by atomic mass is 31.2. The highest BCUT2D eigenvalue weighted by Crippen LogP contribution is 2.38. The lowest BCUT2D eigenvalue weighted by molar-refractivity contribution is -0.870. The van der Waals surface area contributed by atoms with E-state index in [0.717, 1.165) is 89.9 Å². The second kappa shape index (κ2) is 36.4. The Hall–Kier alpha value is -2.58. The van der Waals surface area contributed by atoms with Crippen molar-refractivity contribution in [2.24, 2.45) is 0 Å². The third-order valence-electron chi connectivity index (χ3n) is 7.63. The monoisotopic (exact) mass is 760 g/mol. The Kier molecular flexibility index (Phi) is 34.6. The molecule has 0 spiro atoms. The minimum atomic E-state index is -4.55. The first-order chi connectivity index (χ1) is 25.6. The summed E-state index contributed by atoms with van der Waals surface area (Å²) in [7, 11) is 1.29. The fraction of sp³-hybridized carbons (Fsp3) is 0.614. The van der Waals surface area contributed by atoms with Gasteiger partial charge in [-0.1, -0.05) is 117 Å². The van der Waals surface area contributed by atoms with Crippen molar-refractivity contribution in [3.8, 4) is 0 Å². The third kappa shape index (κ3) is 40.4. The van der Waals surface area contributed by atoms with Crippen molar-refractivity contribution in [1.29, 1.82) is 0 Å². The van der Waals surface area contributed by atoms with Crippen LogP contribution < -0.4 is 4.89 Å². The molecule has 0 aromatic rings. The van der Waals surface area contributed by atoms with Crippen LogP contribution in [0.3, 0.4) is 0 Å². The predicted molar refractivity (Wildman–Crippen MR) is 221 cm³/mol. The Morgan fingerprint density at radius 2 is 1.04 bits per heavy atom. The number of likely N-dealkylation sites (N-methyl/N-ethyl adjacent to an activating group) is 1. The number of allylic oxidation sites excluding steroid dienone is 16. The van der Waals surface area contributed by atoms with Gasteiger partial charge in [-0.2, -0.15) is 0 Å². The van der Waals surface area contributed by atoms with Crippen LogP contribution in [0.15, 0.2) is 97.2 Å². The lowest BCUT2D eigenvalue weighted by Gasteiger charge is -2.28. The van der Waals surface area contributed by atoms with Crippen molar-refractivity contribution < 1.29 is 37.3 Å². The smallest absolute Gasteiger partial charge is 0.306 e. The maximum absolute atomic E-state index is 12.6. The highest BCUT2D eigenvalue weighted by Gasteiger charge is 2.20. The van der Waals surface area contributed by atoms with Gasteiger partial charge in [-0.15, -0.1) is 0 Å². The summed E-state index contributed by atoms with van der Waals surface area (Å²) in [4.78, 5) is 24.9. The normalized spacial score (nSPS) is 14.9. The van der Waals surface area contributed by atoms with E-state index < -0.39 is 13.9 Å². The van der Waals surface area contributed by atoms with Crippen LogP contribution in [0.5, 0.6) is 0 Å². The Bertz CT molecular complexity index is 1160. The molecule has 0 aliphatic rings. The maximum atomic E-state index is 12.6. The van der Waals surface area contributed by atoms with Gasteiger partial charge in [0.2, 0.25) is 0 Å². The zero-order valence-electron chi connectivity index (χ0n) is 33.9. The molecular formula is C44H74NO7P. The van der Waals surface area contributed by atoms with Gasteiger partial charge >= 0.3 is 5.97 Å². The number of ether oxygens (including phenoxy) is 2. The number of carbonyl (C=O) groups is 1. The zero-order valence-corrected chi connectivity index (χ0v) is 34.8. The van der Waals surface area contributed by atoms with Gasteiger partial charge < -0.3 is 27.9 Å². The summed E-state index contributed by atoms with van der Waals surface area (Å²) >= 11 is 0. The Labute approximate surface area is 324 Å². The summed E-state index contributed by atoms with van der Waals surface area (Å²) in [6, 6.07) is 0. The molecule has 0 amide bonds. The minimum Gasteiger partial charge on any atom is -0.756 e. The Morgan fingerprint density at radius 3 is 1.51 bits per heavy atom. The largest absolute Gasteiger partial charge is 0.756 e. The van der Waals surface area contributed by atoms with Crippen LogP contribution in [-0.4, -0.2) is 70.7 Å². The molecule has 0 aliphatic heterocycles. The van der Waals surface area contributed by atoms with Gasteiger partial charge in [0.1, 0.15) is 19.3 Å². The summed E-state index contributed by atoms with van der Waals surface area (Å²) in [6.07, 6.45) is 48.6. The molecule has 2 unspecified atom stereocenters. The van der Waals surface area contributed by atoms with E-state index in [9.17, 15) is 14.3 Å². The van der Waals surface area contributed by atoms with Crippen molar-refractivity contribution in [3.63, 3.8) is 0 Å². The predicted octanol–water partition coefficient (Wildman–Crippen LogP) is 10.9. The SMILES string of the molecule is CC/C=C\C/C=C\C/C=C\C/C=C\C/C=C\CCCCOCC(COP(=O)([O-])OCC[N+](C)(C)C)OC(=O)CCCCC/C=C\C/C=C\C/C=C\CC. The zero-order chi connectivity index (χ0) is 39.1. The van der Waals surface area contributed by atoms with E-state index in [1.54, 1.807) is 0 Å². The Balaban J connectivity index is 4.44. The van der Waals surface area contributed by atoms with Gasteiger partial charge in [-0.25, -0.2) is 0 Å². The quantitative estimate of drug-likeness (QED) is 0.0209. The minimum absolute atomic E-state index is 0.00561. The van der Waals surface area contributed by atoms with E-state index in [1.165, 1.54) is 0 Å². The summed E-state index contributed by atoms with van der Waals surface area (Å²) in [5, 5.41) is 0. The number of hydrogen-bond acceptors (Lipinski definition) is 7. The van der Waals surface area contributed by atoms with Crippen molar-refractivity contribution in [2.75, 3.05) is 54.1 Å². The van der Waals surface area contributed by atoms with Crippen LogP contribution >= 0.6 is 7.82 Å². The number of rotatable bonds is 35. The van der Waals surface area contributed by atoms with Gasteiger partial charge in [0.05, 0.1) is 34.4 Å². The average Bonchev–Trinajstić information content (AvgIpc) is 3.11. The second-order valence-electron chi connectivity index (χ2n) is 13.9. The van der Waals surface area contributed by atoms with Gasteiger partial charge in [0, 0.05) is 13.0 Å². The number of carbonyl (C=O) groups excluding carboxylic acids is 1. The Morgan fingerprint density at radius 1 is 0.585 bits per heavy atom. The van der Waals surface area contributed by atoms with E-state index in [2.05, 4.69) is 111 Å². The molecule has 0 aliphatic carbocycles. The van der Waals surface area contributed by atoms with E-state index >= 15 is 0 Å². The van der Waals surface area contributed by atoms with E-state index in [-0.39, 0.29) is 32.2 Å². The summed E-state index contributed by atoms with van der Waals surface area (Å²) in [6.45, 7) is 4.98. The summed E-state index contributed by atoms with van der Waals surface area (Å²) < 4.78 is 34.4. The van der Waals surface area contributed by atoms with Crippen LogP contribution in [0.1, 0.15) is 117 Å². The molecule has 2 atom stereocenters. The van der Waals surface area contributed by atoms with Crippen LogP contribution in [-0.2, 0) is 27.9 Å². The molecule has 8 nitrogen and oxygen atoms in total. The molecule has 0 bridgehead atoms. The van der Waals surface area contributed by atoms with Crippen LogP contribution in [0.4, 0.5) is 0 Å². The maximum Gasteiger partial charge on any atom is 0.306 e. The number of quaternary nitrogens is 1. The molecule has 53 heavy (non-hydrogen) atoms. The first-order valence-electron chi connectivity index (χ1n) is 20.0. The first-order valence-corrected chi connectivity index (χ1v) is 21.4. The highest BCUT2D eigenvalue weighted by molar-refractivity contribution is 7.45. The lowest BCUT2D eigenvalue weighted by atomic mass is 10.1. The molecule has 0 saturated carbocycles. The number of phosphoric acid groups is 1. The molecular weight excluding hydrogens is 685 g/mol. The number of phosphoric ester groups is 1. The molecule has 0 saturated heterocycles. The number of esters is 1. The fourth-order valence-electron chi connectivity index (χ4n) is 4.58. The average molecular weight is 760 g/mol. The molecule has 0 rings (SSSR count). The van der Waals surface area contributed by atoms with Crippen molar-refractivity contribution in [3.05, 3.63) is 97.2 Å². The van der Waals surface area contributed by atoms with Crippen molar-refractivity contribution in [1.82, 2.24) is 0 Å². The molecule has 0 fully saturated rings. The first kappa shape index (κ1) is 50.4. The topological polar surface area (TPSA) is 94.1 Å². The van der Waals surface area contributed by atoms with Gasteiger partial charge in [0.15, 0.2) is 0 Å². The summed E-state index contributed by atoms with van der Waals surface area (Å²) in [5.41, 5.74) is 0. The second-order valence-corrected chi connectivity index (χ2v) is 15.3. The van der Waals surface area contributed by atoms with Crippen LogP contribution in [0.25, 0.3) is 0 Å². The van der Waals surface area contributed by atoms with Crippen molar-refractivity contribution in [2.45, 2.75) is 123 Å².